The normalized spacial score (nSPS) is 18.6. The molecule has 1 aromatic carbocycles. The van der Waals surface area contributed by atoms with Crippen molar-refractivity contribution in [3.63, 3.8) is 0 Å². The highest BCUT2D eigenvalue weighted by atomic mass is 16.6. The lowest BCUT2D eigenvalue weighted by Gasteiger charge is -2.26. The van der Waals surface area contributed by atoms with Gasteiger partial charge in [0.15, 0.2) is 11.5 Å². The largest absolute Gasteiger partial charge is 0.486 e. The highest BCUT2D eigenvalue weighted by Gasteiger charge is 2.32. The van der Waals surface area contributed by atoms with Gasteiger partial charge < -0.3 is 19.5 Å². The molecule has 0 radical (unpaired) electrons. The molecule has 7 heteroatoms. The van der Waals surface area contributed by atoms with E-state index in [9.17, 15) is 9.59 Å². The van der Waals surface area contributed by atoms with Crippen molar-refractivity contribution in [3.05, 3.63) is 53.3 Å². The Hall–Kier alpha value is -3.09. The van der Waals surface area contributed by atoms with Crippen molar-refractivity contribution >= 4 is 11.9 Å². The summed E-state index contributed by atoms with van der Waals surface area (Å²) in [6, 6.07) is 8.35. The number of pyridine rings is 1. The minimum atomic E-state index is -1.08. The van der Waals surface area contributed by atoms with Crippen molar-refractivity contribution < 1.29 is 24.2 Å². The van der Waals surface area contributed by atoms with Gasteiger partial charge >= 0.3 is 5.97 Å². The molecular weight excluding hydrogens is 336 g/mol. The number of likely N-dealkylation sites (tertiary alicyclic amines) is 1. The molecule has 0 bridgehead atoms. The number of carboxylic acid groups (broad SMARTS) is 1. The van der Waals surface area contributed by atoms with Gasteiger partial charge in [-0.2, -0.15) is 0 Å². The molecule has 26 heavy (non-hydrogen) atoms. The van der Waals surface area contributed by atoms with Crippen molar-refractivity contribution in [1.29, 1.82) is 0 Å². The summed E-state index contributed by atoms with van der Waals surface area (Å²) in [6.07, 6.45) is 3.07. The van der Waals surface area contributed by atoms with Crippen molar-refractivity contribution in [2.24, 2.45) is 0 Å². The predicted molar refractivity (Wildman–Crippen MR) is 91.6 cm³/mol. The fraction of sp³-hybridized carbons (Fsp3) is 0.316. The number of nitrogens with zero attached hydrogens (tertiary/aromatic N) is 2. The summed E-state index contributed by atoms with van der Waals surface area (Å²) in [5.74, 6) is 0.0718. The Morgan fingerprint density at radius 2 is 1.92 bits per heavy atom. The van der Waals surface area contributed by atoms with Crippen molar-refractivity contribution in [2.45, 2.75) is 18.9 Å². The molecule has 1 N–H and O–H groups in total. The zero-order chi connectivity index (χ0) is 18.1. The average molecular weight is 354 g/mol. The Labute approximate surface area is 150 Å². The molecule has 0 aliphatic carbocycles. The molecule has 7 nitrogen and oxygen atoms in total. The third kappa shape index (κ3) is 2.96. The molecule has 1 fully saturated rings. The van der Waals surface area contributed by atoms with Gasteiger partial charge in [-0.05, 0) is 42.7 Å². The van der Waals surface area contributed by atoms with Crippen LogP contribution in [0.3, 0.4) is 0 Å². The second-order valence-corrected chi connectivity index (χ2v) is 6.29. The fourth-order valence-electron chi connectivity index (χ4n) is 3.45. The molecule has 0 spiro atoms. The van der Waals surface area contributed by atoms with Crippen LogP contribution in [0.1, 0.15) is 45.3 Å². The number of carboxylic acids is 1. The molecule has 4 rings (SSSR count). The Morgan fingerprint density at radius 3 is 2.73 bits per heavy atom. The van der Waals surface area contributed by atoms with Gasteiger partial charge in [-0.3, -0.25) is 9.78 Å². The summed E-state index contributed by atoms with van der Waals surface area (Å²) in [4.78, 5) is 29.9. The van der Waals surface area contributed by atoms with E-state index < -0.39 is 5.97 Å². The molecular formula is C19H18N2O5. The molecule has 2 aliphatic heterocycles. The van der Waals surface area contributed by atoms with Crippen LogP contribution in [0, 0.1) is 0 Å². The van der Waals surface area contributed by atoms with E-state index in [0.717, 1.165) is 18.4 Å². The number of aromatic nitrogens is 1. The van der Waals surface area contributed by atoms with Crippen LogP contribution in [-0.4, -0.2) is 46.6 Å². The Bertz CT molecular complexity index is 867. The Morgan fingerprint density at radius 1 is 1.12 bits per heavy atom. The maximum atomic E-state index is 12.9. The zero-order valence-corrected chi connectivity index (χ0v) is 14.1. The lowest BCUT2D eigenvalue weighted by Crippen LogP contribution is -2.31. The molecule has 2 aliphatic rings. The van der Waals surface area contributed by atoms with Gasteiger partial charge in [-0.25, -0.2) is 4.79 Å². The monoisotopic (exact) mass is 354 g/mol. The molecule has 1 atom stereocenters. The first-order valence-corrected chi connectivity index (χ1v) is 8.53. The van der Waals surface area contributed by atoms with Gasteiger partial charge in [0, 0.05) is 12.7 Å². The summed E-state index contributed by atoms with van der Waals surface area (Å²) in [5.41, 5.74) is 1.18. The van der Waals surface area contributed by atoms with Gasteiger partial charge in [-0.1, -0.05) is 6.07 Å². The maximum Gasteiger partial charge on any atom is 0.335 e. The maximum absolute atomic E-state index is 12.9. The van der Waals surface area contributed by atoms with Gasteiger partial charge in [0.2, 0.25) is 0 Å². The first-order chi connectivity index (χ1) is 12.6. The molecule has 0 saturated carbocycles. The molecule has 3 heterocycles. The minimum Gasteiger partial charge on any atom is -0.486 e. The van der Waals surface area contributed by atoms with Crippen molar-refractivity contribution in [1.82, 2.24) is 9.88 Å². The van der Waals surface area contributed by atoms with Crippen LogP contribution in [0.15, 0.2) is 36.5 Å². The van der Waals surface area contributed by atoms with E-state index in [1.165, 1.54) is 18.3 Å². The number of amides is 1. The van der Waals surface area contributed by atoms with E-state index in [-0.39, 0.29) is 23.2 Å². The number of carbonyl (C=O) groups excluding carboxylic acids is 1. The molecule has 1 saturated heterocycles. The average Bonchev–Trinajstić information content (AvgIpc) is 3.17. The van der Waals surface area contributed by atoms with Gasteiger partial charge in [0.1, 0.15) is 18.9 Å². The summed E-state index contributed by atoms with van der Waals surface area (Å²) >= 11 is 0. The van der Waals surface area contributed by atoms with E-state index in [1.54, 1.807) is 4.90 Å². The van der Waals surface area contributed by atoms with E-state index in [2.05, 4.69) is 4.98 Å². The summed E-state index contributed by atoms with van der Waals surface area (Å²) < 4.78 is 11.2. The van der Waals surface area contributed by atoms with Crippen LogP contribution >= 0.6 is 0 Å². The second-order valence-electron chi connectivity index (χ2n) is 6.29. The molecule has 1 amide bonds. The first-order valence-electron chi connectivity index (χ1n) is 8.53. The highest BCUT2D eigenvalue weighted by molar-refractivity contribution is 5.96. The van der Waals surface area contributed by atoms with Crippen LogP contribution in [0.25, 0.3) is 0 Å². The van der Waals surface area contributed by atoms with Crippen molar-refractivity contribution in [3.8, 4) is 11.5 Å². The SMILES string of the molecule is O=C(O)c1ccnc(C(=O)N2CCCC2c2ccc3c(c2)OCCO3)c1. The minimum absolute atomic E-state index is 0.0541. The zero-order valence-electron chi connectivity index (χ0n) is 14.1. The van der Waals surface area contributed by atoms with Crippen molar-refractivity contribution in [2.75, 3.05) is 19.8 Å². The summed E-state index contributed by atoms with van der Waals surface area (Å²) in [6.45, 7) is 1.65. The molecule has 1 aromatic heterocycles. The molecule has 1 unspecified atom stereocenters. The molecule has 134 valence electrons. The number of rotatable bonds is 3. The topological polar surface area (TPSA) is 89.0 Å². The number of carbonyl (C=O) groups is 2. The second kappa shape index (κ2) is 6.67. The Kier molecular flexibility index (Phi) is 4.20. The third-order valence-electron chi connectivity index (χ3n) is 4.69. The lowest BCUT2D eigenvalue weighted by atomic mass is 10.0. The Balaban J connectivity index is 1.61. The first kappa shape index (κ1) is 16.4. The highest BCUT2D eigenvalue weighted by Crippen LogP contribution is 2.38. The number of aromatic carboxylic acids is 1. The van der Waals surface area contributed by atoms with E-state index >= 15 is 0 Å². The quantitative estimate of drug-likeness (QED) is 0.911. The molecule has 2 aromatic rings. The van der Waals surface area contributed by atoms with Crippen LogP contribution < -0.4 is 9.47 Å². The smallest absolute Gasteiger partial charge is 0.335 e. The van der Waals surface area contributed by atoms with E-state index in [4.69, 9.17) is 14.6 Å². The van der Waals surface area contributed by atoms with Gasteiger partial charge in [0.05, 0.1) is 11.6 Å². The van der Waals surface area contributed by atoms with Gasteiger partial charge in [-0.15, -0.1) is 0 Å². The number of hydrogen-bond acceptors (Lipinski definition) is 5. The number of hydrogen-bond donors (Lipinski definition) is 1. The number of ether oxygens (including phenoxy) is 2. The lowest BCUT2D eigenvalue weighted by molar-refractivity contribution is 0.0696. The fourth-order valence-corrected chi connectivity index (χ4v) is 3.45. The van der Waals surface area contributed by atoms with Crippen LogP contribution in [-0.2, 0) is 0 Å². The predicted octanol–water partition coefficient (Wildman–Crippen LogP) is 2.53. The summed E-state index contributed by atoms with van der Waals surface area (Å²) in [5, 5.41) is 9.12. The van der Waals surface area contributed by atoms with Crippen LogP contribution in [0.5, 0.6) is 11.5 Å². The number of benzene rings is 1. The van der Waals surface area contributed by atoms with Crippen LogP contribution in [0.2, 0.25) is 0 Å². The van der Waals surface area contributed by atoms with Gasteiger partial charge in [0.25, 0.3) is 5.91 Å². The third-order valence-corrected chi connectivity index (χ3v) is 4.69. The standard InChI is InChI=1S/C19H18N2O5/c22-18(14-10-13(19(23)24)5-6-20-14)21-7-1-2-15(21)12-3-4-16-17(11-12)26-9-8-25-16/h3-6,10-11,15H,1-2,7-9H2,(H,23,24). The van der Waals surface area contributed by atoms with E-state index in [0.29, 0.717) is 31.3 Å². The van der Waals surface area contributed by atoms with Crippen LogP contribution in [0.4, 0.5) is 0 Å². The number of fused-ring (bicyclic) bond motifs is 1. The van der Waals surface area contributed by atoms with E-state index in [1.807, 2.05) is 18.2 Å². The summed E-state index contributed by atoms with van der Waals surface area (Å²) in [7, 11) is 0.